The first-order chi connectivity index (χ1) is 9.35. The highest BCUT2D eigenvalue weighted by Crippen LogP contribution is 2.27. The van der Waals surface area contributed by atoms with Crippen LogP contribution in [-0.4, -0.2) is 25.0 Å². The molecule has 0 aliphatic rings. The Balaban J connectivity index is 0.00000400. The molecule has 0 aliphatic carbocycles. The number of hydrogen-bond donors (Lipinski definition) is 3. The molecule has 2 amide bonds. The Morgan fingerprint density at radius 2 is 1.86 bits per heavy atom. The Morgan fingerprint density at radius 3 is 2.33 bits per heavy atom. The third-order valence-electron chi connectivity index (χ3n) is 2.80. The number of halogens is 1. The summed E-state index contributed by atoms with van der Waals surface area (Å²) in [5.74, 6) is 0.0824. The van der Waals surface area contributed by atoms with Crippen molar-refractivity contribution < 1.29 is 14.3 Å². The normalized spacial score (nSPS) is 11.3. The molecule has 0 spiro atoms. The van der Waals surface area contributed by atoms with Crippen molar-refractivity contribution in [3.8, 4) is 5.75 Å². The maximum absolute atomic E-state index is 11.9. The first-order valence-electron chi connectivity index (χ1n) is 6.37. The molecule has 0 bridgehead atoms. The van der Waals surface area contributed by atoms with E-state index in [1.165, 1.54) is 14.0 Å². The van der Waals surface area contributed by atoms with Crippen LogP contribution < -0.4 is 21.1 Å². The van der Waals surface area contributed by atoms with E-state index < -0.39 is 6.04 Å². The van der Waals surface area contributed by atoms with Crippen molar-refractivity contribution in [2.24, 2.45) is 11.7 Å². The molecule has 0 saturated heterocycles. The van der Waals surface area contributed by atoms with E-state index in [4.69, 9.17) is 10.5 Å². The quantitative estimate of drug-likeness (QED) is 0.774. The largest absolute Gasteiger partial charge is 0.495 e. The summed E-state index contributed by atoms with van der Waals surface area (Å²) < 4.78 is 5.14. The number of carbonyl (C=O) groups is 2. The van der Waals surface area contributed by atoms with Crippen LogP contribution in [0, 0.1) is 5.92 Å². The number of anilines is 2. The van der Waals surface area contributed by atoms with Crippen molar-refractivity contribution in [3.05, 3.63) is 18.2 Å². The molecule has 0 aromatic heterocycles. The Hall–Kier alpha value is -1.79. The van der Waals surface area contributed by atoms with Crippen LogP contribution in [0.15, 0.2) is 18.2 Å². The molecule has 1 rings (SSSR count). The summed E-state index contributed by atoms with van der Waals surface area (Å²) in [6, 6.07) is 4.41. The van der Waals surface area contributed by atoms with E-state index in [0.717, 1.165) is 0 Å². The third-order valence-corrected chi connectivity index (χ3v) is 2.80. The first-order valence-corrected chi connectivity index (χ1v) is 6.37. The molecule has 21 heavy (non-hydrogen) atoms. The summed E-state index contributed by atoms with van der Waals surface area (Å²) >= 11 is 0. The lowest BCUT2D eigenvalue weighted by atomic mass is 10.0. The summed E-state index contributed by atoms with van der Waals surface area (Å²) in [6.45, 7) is 5.15. The van der Waals surface area contributed by atoms with Gasteiger partial charge in [-0.15, -0.1) is 12.4 Å². The summed E-state index contributed by atoms with van der Waals surface area (Å²) in [4.78, 5) is 23.0. The first kappa shape index (κ1) is 19.2. The SMILES string of the molecule is COc1ccc(NC(=O)C(N)C(C)C)cc1NC(C)=O.Cl. The number of hydrogen-bond acceptors (Lipinski definition) is 4. The van der Waals surface area contributed by atoms with Gasteiger partial charge in [-0.1, -0.05) is 13.8 Å². The lowest BCUT2D eigenvalue weighted by molar-refractivity contribution is -0.118. The molecule has 0 fully saturated rings. The standard InChI is InChI=1S/C14H21N3O3.ClH/c1-8(2)13(15)14(19)17-10-5-6-12(20-4)11(7-10)16-9(3)18;/h5-8,13H,15H2,1-4H3,(H,16,18)(H,17,19);1H. The van der Waals surface area contributed by atoms with Crippen LogP contribution in [0.3, 0.4) is 0 Å². The van der Waals surface area contributed by atoms with Crippen LogP contribution in [0.25, 0.3) is 0 Å². The van der Waals surface area contributed by atoms with Gasteiger partial charge in [0.1, 0.15) is 5.75 Å². The van der Waals surface area contributed by atoms with E-state index in [-0.39, 0.29) is 30.1 Å². The third kappa shape index (κ3) is 5.61. The van der Waals surface area contributed by atoms with E-state index in [2.05, 4.69) is 10.6 Å². The molecule has 0 saturated carbocycles. The summed E-state index contributed by atoms with van der Waals surface area (Å²) in [6.07, 6.45) is 0. The van der Waals surface area contributed by atoms with Crippen LogP contribution >= 0.6 is 12.4 Å². The molecule has 0 heterocycles. The second-order valence-corrected chi connectivity index (χ2v) is 4.86. The zero-order valence-corrected chi connectivity index (χ0v) is 13.4. The second-order valence-electron chi connectivity index (χ2n) is 4.86. The number of rotatable bonds is 5. The second kappa shape index (κ2) is 8.49. The summed E-state index contributed by atoms with van der Waals surface area (Å²) in [7, 11) is 1.51. The van der Waals surface area contributed by atoms with E-state index in [1.54, 1.807) is 18.2 Å². The molecule has 7 heteroatoms. The number of nitrogens with two attached hydrogens (primary N) is 1. The fraction of sp³-hybridized carbons (Fsp3) is 0.429. The zero-order chi connectivity index (χ0) is 15.3. The number of amides is 2. The minimum Gasteiger partial charge on any atom is -0.495 e. The highest BCUT2D eigenvalue weighted by molar-refractivity contribution is 5.97. The van der Waals surface area contributed by atoms with Crippen LogP contribution in [-0.2, 0) is 9.59 Å². The Labute approximate surface area is 130 Å². The molecular formula is C14H22ClN3O3. The van der Waals surface area contributed by atoms with E-state index in [0.29, 0.717) is 17.1 Å². The average molecular weight is 316 g/mol. The molecule has 1 aromatic carbocycles. The van der Waals surface area contributed by atoms with E-state index in [1.807, 2.05) is 13.8 Å². The predicted molar refractivity (Wildman–Crippen MR) is 86.0 cm³/mol. The number of benzene rings is 1. The van der Waals surface area contributed by atoms with Crippen molar-refractivity contribution in [1.82, 2.24) is 0 Å². The molecule has 118 valence electrons. The van der Waals surface area contributed by atoms with Gasteiger partial charge in [0.15, 0.2) is 0 Å². The van der Waals surface area contributed by atoms with Gasteiger partial charge in [0.2, 0.25) is 11.8 Å². The highest BCUT2D eigenvalue weighted by atomic mass is 35.5. The van der Waals surface area contributed by atoms with Crippen LogP contribution in [0.5, 0.6) is 5.75 Å². The van der Waals surface area contributed by atoms with Crippen LogP contribution in [0.4, 0.5) is 11.4 Å². The molecule has 4 N–H and O–H groups in total. The minimum absolute atomic E-state index is 0. The van der Waals surface area contributed by atoms with Crippen molar-refractivity contribution in [3.63, 3.8) is 0 Å². The number of ether oxygens (including phenoxy) is 1. The van der Waals surface area contributed by atoms with E-state index in [9.17, 15) is 9.59 Å². The topological polar surface area (TPSA) is 93.4 Å². The lowest BCUT2D eigenvalue weighted by Crippen LogP contribution is -2.39. The lowest BCUT2D eigenvalue weighted by Gasteiger charge is -2.16. The molecule has 0 aliphatic heterocycles. The molecule has 1 unspecified atom stereocenters. The molecule has 6 nitrogen and oxygen atoms in total. The van der Waals surface area contributed by atoms with Crippen molar-refractivity contribution in [2.45, 2.75) is 26.8 Å². The predicted octanol–water partition coefficient (Wildman–Crippen LogP) is 2.00. The Kier molecular flexibility index (Phi) is 7.76. The summed E-state index contributed by atoms with van der Waals surface area (Å²) in [5, 5.41) is 5.36. The van der Waals surface area contributed by atoms with Gasteiger partial charge < -0.3 is 21.1 Å². The van der Waals surface area contributed by atoms with E-state index >= 15 is 0 Å². The molecule has 0 radical (unpaired) electrons. The fourth-order valence-corrected chi connectivity index (χ4v) is 1.60. The smallest absolute Gasteiger partial charge is 0.241 e. The number of carbonyl (C=O) groups excluding carboxylic acids is 2. The number of methoxy groups -OCH3 is 1. The van der Waals surface area contributed by atoms with Gasteiger partial charge in [-0.3, -0.25) is 9.59 Å². The zero-order valence-electron chi connectivity index (χ0n) is 12.6. The number of nitrogens with one attached hydrogen (secondary N) is 2. The maximum Gasteiger partial charge on any atom is 0.241 e. The van der Waals surface area contributed by atoms with Crippen LogP contribution in [0.1, 0.15) is 20.8 Å². The fourth-order valence-electron chi connectivity index (χ4n) is 1.60. The molecular weight excluding hydrogens is 294 g/mol. The highest BCUT2D eigenvalue weighted by Gasteiger charge is 2.17. The average Bonchev–Trinajstić information content (AvgIpc) is 2.37. The minimum atomic E-state index is -0.582. The van der Waals surface area contributed by atoms with Gasteiger partial charge >= 0.3 is 0 Å². The monoisotopic (exact) mass is 315 g/mol. The Morgan fingerprint density at radius 1 is 1.24 bits per heavy atom. The summed E-state index contributed by atoms with van der Waals surface area (Å²) in [5.41, 5.74) is 6.82. The van der Waals surface area contributed by atoms with Crippen LogP contribution in [0.2, 0.25) is 0 Å². The van der Waals surface area contributed by atoms with Crippen molar-refractivity contribution in [1.29, 1.82) is 0 Å². The maximum atomic E-state index is 11.9. The van der Waals surface area contributed by atoms with Crippen molar-refractivity contribution >= 4 is 35.6 Å². The molecule has 1 atom stereocenters. The van der Waals surface area contributed by atoms with Crippen molar-refractivity contribution in [2.75, 3.05) is 17.7 Å². The van der Waals surface area contributed by atoms with Gasteiger partial charge in [-0.25, -0.2) is 0 Å². The van der Waals surface area contributed by atoms with Gasteiger partial charge in [0.25, 0.3) is 0 Å². The molecule has 1 aromatic rings. The van der Waals surface area contributed by atoms with Gasteiger partial charge in [0.05, 0.1) is 18.8 Å². The van der Waals surface area contributed by atoms with Gasteiger partial charge in [-0.2, -0.15) is 0 Å². The Bertz CT molecular complexity index is 506. The van der Waals surface area contributed by atoms with Gasteiger partial charge in [0, 0.05) is 12.6 Å². The van der Waals surface area contributed by atoms with Gasteiger partial charge in [-0.05, 0) is 24.1 Å².